The predicted octanol–water partition coefficient (Wildman–Crippen LogP) is 4.03. The lowest BCUT2D eigenvalue weighted by molar-refractivity contribution is -0.146. The summed E-state index contributed by atoms with van der Waals surface area (Å²) in [6.45, 7) is 1.30. The minimum absolute atomic E-state index is 0.438. The van der Waals surface area contributed by atoms with Gasteiger partial charge in [0.15, 0.2) is 0 Å². The van der Waals surface area contributed by atoms with Gasteiger partial charge in [0.2, 0.25) is 0 Å². The molecule has 1 aliphatic heterocycles. The van der Waals surface area contributed by atoms with Gasteiger partial charge in [0, 0.05) is 41.7 Å². The number of piperazine rings is 1. The van der Waals surface area contributed by atoms with Crippen molar-refractivity contribution < 1.29 is 13.2 Å². The zero-order valence-electron chi connectivity index (χ0n) is 10.8. The molecule has 112 valence electrons. The van der Waals surface area contributed by atoms with Gasteiger partial charge in [-0.2, -0.15) is 13.2 Å². The van der Waals surface area contributed by atoms with E-state index in [4.69, 9.17) is 0 Å². The lowest BCUT2D eigenvalue weighted by Gasteiger charge is -2.37. The van der Waals surface area contributed by atoms with Crippen molar-refractivity contribution in [3.05, 3.63) is 28.2 Å². The van der Waals surface area contributed by atoms with Crippen LogP contribution in [0.1, 0.15) is 5.56 Å². The number of rotatable bonds is 3. The molecule has 1 saturated heterocycles. The van der Waals surface area contributed by atoms with E-state index in [2.05, 4.69) is 36.8 Å². The van der Waals surface area contributed by atoms with Crippen LogP contribution < -0.4 is 4.90 Å². The molecule has 1 aromatic carbocycles. The van der Waals surface area contributed by atoms with Crippen molar-refractivity contribution in [3.63, 3.8) is 0 Å². The van der Waals surface area contributed by atoms with E-state index in [0.717, 1.165) is 21.1 Å². The van der Waals surface area contributed by atoms with Gasteiger partial charge in [-0.1, -0.05) is 37.9 Å². The van der Waals surface area contributed by atoms with Gasteiger partial charge in [-0.25, -0.2) is 0 Å². The number of hydrogen-bond donors (Lipinski definition) is 0. The highest BCUT2D eigenvalue weighted by atomic mass is 79.9. The van der Waals surface area contributed by atoms with Gasteiger partial charge in [0.25, 0.3) is 0 Å². The van der Waals surface area contributed by atoms with Gasteiger partial charge in [-0.15, -0.1) is 0 Å². The summed E-state index contributed by atoms with van der Waals surface area (Å²) in [7, 11) is 0. The Morgan fingerprint density at radius 1 is 1.10 bits per heavy atom. The minimum Gasteiger partial charge on any atom is -0.369 e. The average Bonchev–Trinajstić information content (AvgIpc) is 2.38. The molecule has 0 amide bonds. The van der Waals surface area contributed by atoms with Crippen molar-refractivity contribution in [1.29, 1.82) is 0 Å². The van der Waals surface area contributed by atoms with Crippen LogP contribution in [0.3, 0.4) is 0 Å². The van der Waals surface area contributed by atoms with Crippen molar-refractivity contribution in [1.82, 2.24) is 4.90 Å². The van der Waals surface area contributed by atoms with Crippen LogP contribution in [0.2, 0.25) is 0 Å². The highest BCUT2D eigenvalue weighted by Crippen LogP contribution is 2.28. The van der Waals surface area contributed by atoms with Crippen molar-refractivity contribution in [2.24, 2.45) is 0 Å². The molecule has 1 heterocycles. The summed E-state index contributed by atoms with van der Waals surface area (Å²) < 4.78 is 38.1. The van der Waals surface area contributed by atoms with Gasteiger partial charge < -0.3 is 4.90 Å². The summed E-state index contributed by atoms with van der Waals surface area (Å²) in [5.74, 6) is 0. The number of alkyl halides is 4. The summed E-state index contributed by atoms with van der Waals surface area (Å²) >= 11 is 6.89. The summed E-state index contributed by atoms with van der Waals surface area (Å²) in [5.41, 5.74) is 2.24. The Hall–Kier alpha value is -0.270. The molecular weight excluding hydrogens is 401 g/mol. The first-order valence-corrected chi connectivity index (χ1v) is 8.19. The molecule has 0 spiro atoms. The molecule has 0 bridgehead atoms. The SMILES string of the molecule is FC(F)(F)CN1CCN(c2cc(Br)ccc2CBr)CC1. The Balaban J connectivity index is 2.02. The maximum absolute atomic E-state index is 12.4. The maximum Gasteiger partial charge on any atom is 0.401 e. The maximum atomic E-state index is 12.4. The van der Waals surface area contributed by atoms with Gasteiger partial charge in [0.05, 0.1) is 6.54 Å². The molecule has 0 aliphatic carbocycles. The second-order valence-electron chi connectivity index (χ2n) is 4.79. The predicted molar refractivity (Wildman–Crippen MR) is 81.5 cm³/mol. The van der Waals surface area contributed by atoms with Crippen LogP contribution in [-0.4, -0.2) is 43.8 Å². The molecule has 0 N–H and O–H groups in total. The van der Waals surface area contributed by atoms with Gasteiger partial charge >= 0.3 is 6.18 Å². The first-order valence-electron chi connectivity index (χ1n) is 6.27. The third-order valence-electron chi connectivity index (χ3n) is 3.31. The number of hydrogen-bond acceptors (Lipinski definition) is 2. The summed E-state index contributed by atoms with van der Waals surface area (Å²) in [5, 5.41) is 0.735. The van der Waals surface area contributed by atoms with Crippen molar-refractivity contribution in [2.45, 2.75) is 11.5 Å². The van der Waals surface area contributed by atoms with Gasteiger partial charge in [0.1, 0.15) is 0 Å². The van der Waals surface area contributed by atoms with E-state index in [1.165, 1.54) is 4.90 Å². The molecule has 0 radical (unpaired) electrons. The smallest absolute Gasteiger partial charge is 0.369 e. The number of nitrogens with zero attached hydrogens (tertiary/aromatic N) is 2. The Kier molecular flexibility index (Phi) is 5.36. The van der Waals surface area contributed by atoms with Crippen molar-refractivity contribution in [2.75, 3.05) is 37.6 Å². The van der Waals surface area contributed by atoms with Crippen LogP contribution in [0.4, 0.5) is 18.9 Å². The number of halogens is 5. The molecular formula is C13H15Br2F3N2. The fourth-order valence-corrected chi connectivity index (χ4v) is 3.17. The monoisotopic (exact) mass is 414 g/mol. The standard InChI is InChI=1S/C13H15Br2F3N2/c14-8-10-1-2-11(15)7-12(10)20-5-3-19(4-6-20)9-13(16,17)18/h1-2,7H,3-6,8-9H2. The Labute approximate surface area is 133 Å². The summed E-state index contributed by atoms with van der Waals surface area (Å²) in [6, 6.07) is 6.02. The van der Waals surface area contributed by atoms with E-state index in [-0.39, 0.29) is 0 Å². The van der Waals surface area contributed by atoms with Crippen LogP contribution in [0.25, 0.3) is 0 Å². The van der Waals surface area contributed by atoms with Crippen LogP contribution in [0, 0.1) is 0 Å². The van der Waals surface area contributed by atoms with Crippen LogP contribution >= 0.6 is 31.9 Å². The number of anilines is 1. The minimum atomic E-state index is -4.11. The molecule has 1 fully saturated rings. The molecule has 2 rings (SSSR count). The van der Waals surface area contributed by atoms with Gasteiger partial charge in [-0.3, -0.25) is 4.90 Å². The third-order valence-corrected chi connectivity index (χ3v) is 4.40. The van der Waals surface area contributed by atoms with Gasteiger partial charge in [-0.05, 0) is 17.7 Å². The van der Waals surface area contributed by atoms with E-state index in [0.29, 0.717) is 26.2 Å². The lowest BCUT2D eigenvalue weighted by Crippen LogP contribution is -2.49. The zero-order chi connectivity index (χ0) is 14.8. The summed E-state index contributed by atoms with van der Waals surface area (Å²) in [6.07, 6.45) is -4.11. The van der Waals surface area contributed by atoms with E-state index < -0.39 is 12.7 Å². The average molecular weight is 416 g/mol. The Morgan fingerprint density at radius 3 is 2.30 bits per heavy atom. The molecule has 20 heavy (non-hydrogen) atoms. The largest absolute Gasteiger partial charge is 0.401 e. The highest BCUT2D eigenvalue weighted by molar-refractivity contribution is 9.10. The van der Waals surface area contributed by atoms with Crippen LogP contribution in [0.15, 0.2) is 22.7 Å². The number of benzene rings is 1. The summed E-state index contributed by atoms with van der Waals surface area (Å²) in [4.78, 5) is 3.61. The van der Waals surface area contributed by atoms with Crippen LogP contribution in [-0.2, 0) is 5.33 Å². The normalized spacial score (nSPS) is 17.6. The quantitative estimate of drug-likeness (QED) is 0.687. The van der Waals surface area contributed by atoms with Crippen molar-refractivity contribution in [3.8, 4) is 0 Å². The molecule has 1 aliphatic rings. The second kappa shape index (κ2) is 6.66. The Bertz CT molecular complexity index is 457. The fourth-order valence-electron chi connectivity index (χ4n) is 2.34. The molecule has 0 unspecified atom stereocenters. The fraction of sp³-hybridized carbons (Fsp3) is 0.538. The van der Waals surface area contributed by atoms with E-state index in [1.54, 1.807) is 0 Å². The highest BCUT2D eigenvalue weighted by Gasteiger charge is 2.32. The van der Waals surface area contributed by atoms with Crippen molar-refractivity contribution >= 4 is 37.5 Å². The Morgan fingerprint density at radius 2 is 1.75 bits per heavy atom. The topological polar surface area (TPSA) is 6.48 Å². The first-order chi connectivity index (χ1) is 9.39. The molecule has 7 heteroatoms. The molecule has 0 saturated carbocycles. The third kappa shape index (κ3) is 4.36. The first kappa shape index (κ1) is 16.1. The van der Waals surface area contributed by atoms with E-state index >= 15 is 0 Å². The molecule has 2 nitrogen and oxygen atoms in total. The lowest BCUT2D eigenvalue weighted by atomic mass is 10.1. The second-order valence-corrected chi connectivity index (χ2v) is 6.26. The zero-order valence-corrected chi connectivity index (χ0v) is 13.9. The van der Waals surface area contributed by atoms with Crippen LogP contribution in [0.5, 0.6) is 0 Å². The molecule has 0 aromatic heterocycles. The molecule has 0 atom stereocenters. The molecule has 1 aromatic rings. The van der Waals surface area contributed by atoms with E-state index in [9.17, 15) is 13.2 Å². The van der Waals surface area contributed by atoms with E-state index in [1.807, 2.05) is 18.2 Å².